The summed E-state index contributed by atoms with van der Waals surface area (Å²) >= 11 is 5.97. The first-order valence-corrected chi connectivity index (χ1v) is 6.40. The minimum absolute atomic E-state index is 0.104. The van der Waals surface area contributed by atoms with Crippen LogP contribution in [-0.4, -0.2) is 11.1 Å². The topological polar surface area (TPSA) is 46.2 Å². The third kappa shape index (κ3) is 3.94. The third-order valence-electron chi connectivity index (χ3n) is 2.93. The normalized spacial score (nSPS) is 12.4. The first-order chi connectivity index (χ1) is 9.04. The van der Waals surface area contributed by atoms with E-state index in [0.717, 1.165) is 11.1 Å². The van der Waals surface area contributed by atoms with Gasteiger partial charge < -0.3 is 10.8 Å². The zero-order valence-electron chi connectivity index (χ0n) is 10.3. The lowest BCUT2D eigenvalue weighted by Crippen LogP contribution is -2.25. The van der Waals surface area contributed by atoms with E-state index in [0.29, 0.717) is 17.9 Å². The summed E-state index contributed by atoms with van der Waals surface area (Å²) in [5.41, 5.74) is 7.95. The monoisotopic (exact) mass is 279 g/mol. The molecular weight excluding hydrogens is 265 g/mol. The number of phenolic OH excluding ortho intramolecular Hbond substituents is 1. The Kier molecular flexibility index (Phi) is 4.40. The lowest BCUT2D eigenvalue weighted by Gasteiger charge is -2.13. The van der Waals surface area contributed by atoms with Crippen LogP contribution in [-0.2, 0) is 12.8 Å². The van der Waals surface area contributed by atoms with Gasteiger partial charge in [-0.05, 0) is 48.2 Å². The highest BCUT2D eigenvalue weighted by molar-refractivity contribution is 6.31. The van der Waals surface area contributed by atoms with Crippen molar-refractivity contribution in [3.63, 3.8) is 0 Å². The van der Waals surface area contributed by atoms with Crippen LogP contribution in [0.3, 0.4) is 0 Å². The lowest BCUT2D eigenvalue weighted by molar-refractivity contribution is 0.475. The van der Waals surface area contributed by atoms with Gasteiger partial charge in [-0.1, -0.05) is 29.8 Å². The fraction of sp³-hybridized carbons (Fsp3) is 0.200. The van der Waals surface area contributed by atoms with Gasteiger partial charge in [-0.3, -0.25) is 0 Å². The molecule has 0 aromatic heterocycles. The standard InChI is InChI=1S/C15H15ClFNO/c16-15-9-12(17)4-3-11(15)8-13(18)7-10-1-5-14(19)6-2-10/h1-6,9,13,19H,7-8,18H2. The third-order valence-corrected chi connectivity index (χ3v) is 3.28. The number of hydrogen-bond donors (Lipinski definition) is 2. The van der Waals surface area contributed by atoms with Crippen LogP contribution < -0.4 is 5.73 Å². The smallest absolute Gasteiger partial charge is 0.124 e. The minimum atomic E-state index is -0.346. The Bertz CT molecular complexity index is 557. The zero-order valence-corrected chi connectivity index (χ0v) is 11.1. The van der Waals surface area contributed by atoms with Gasteiger partial charge in [0, 0.05) is 11.1 Å². The number of halogens is 2. The zero-order chi connectivity index (χ0) is 13.8. The van der Waals surface area contributed by atoms with Crippen LogP contribution in [0.15, 0.2) is 42.5 Å². The van der Waals surface area contributed by atoms with Crippen molar-refractivity contribution in [1.29, 1.82) is 0 Å². The number of nitrogens with two attached hydrogens (primary N) is 1. The van der Waals surface area contributed by atoms with Crippen molar-refractivity contribution < 1.29 is 9.50 Å². The summed E-state index contributed by atoms with van der Waals surface area (Å²) in [7, 11) is 0. The molecule has 2 rings (SSSR count). The molecule has 0 saturated carbocycles. The van der Waals surface area contributed by atoms with E-state index in [-0.39, 0.29) is 17.6 Å². The van der Waals surface area contributed by atoms with E-state index in [1.54, 1.807) is 18.2 Å². The summed E-state index contributed by atoms with van der Waals surface area (Å²) in [5.74, 6) is -0.111. The van der Waals surface area contributed by atoms with Crippen LogP contribution in [0.4, 0.5) is 4.39 Å². The number of phenols is 1. The van der Waals surface area contributed by atoms with Crippen LogP contribution in [0.2, 0.25) is 5.02 Å². The maximum absolute atomic E-state index is 12.9. The molecule has 100 valence electrons. The van der Waals surface area contributed by atoms with Gasteiger partial charge in [0.25, 0.3) is 0 Å². The number of hydrogen-bond acceptors (Lipinski definition) is 2. The second-order valence-electron chi connectivity index (χ2n) is 4.57. The summed E-state index contributed by atoms with van der Waals surface area (Å²) in [6.07, 6.45) is 1.26. The van der Waals surface area contributed by atoms with Crippen molar-refractivity contribution in [1.82, 2.24) is 0 Å². The second-order valence-corrected chi connectivity index (χ2v) is 4.98. The molecule has 0 radical (unpaired) electrons. The van der Waals surface area contributed by atoms with Crippen LogP contribution in [0.25, 0.3) is 0 Å². The molecule has 0 aliphatic carbocycles. The minimum Gasteiger partial charge on any atom is -0.508 e. The van der Waals surface area contributed by atoms with Crippen LogP contribution in [0.5, 0.6) is 5.75 Å². The maximum atomic E-state index is 12.9. The van der Waals surface area contributed by atoms with E-state index in [1.807, 2.05) is 12.1 Å². The summed E-state index contributed by atoms with van der Waals surface area (Å²) < 4.78 is 12.9. The molecule has 0 bridgehead atoms. The molecular formula is C15H15ClFNO. The van der Waals surface area contributed by atoms with E-state index in [2.05, 4.69) is 0 Å². The summed E-state index contributed by atoms with van der Waals surface area (Å²) in [5, 5.41) is 9.61. The molecule has 0 saturated heterocycles. The highest BCUT2D eigenvalue weighted by Gasteiger charge is 2.09. The first kappa shape index (κ1) is 13.8. The number of aromatic hydroxyl groups is 1. The van der Waals surface area contributed by atoms with Gasteiger partial charge in [0.1, 0.15) is 11.6 Å². The molecule has 1 unspecified atom stereocenters. The average molecular weight is 280 g/mol. The number of benzene rings is 2. The Morgan fingerprint density at radius 1 is 1.11 bits per heavy atom. The second kappa shape index (κ2) is 6.04. The van der Waals surface area contributed by atoms with Gasteiger partial charge in [0.05, 0.1) is 0 Å². The van der Waals surface area contributed by atoms with Crippen LogP contribution >= 0.6 is 11.6 Å². The lowest BCUT2D eigenvalue weighted by atomic mass is 9.99. The van der Waals surface area contributed by atoms with Crippen molar-refractivity contribution in [3.8, 4) is 5.75 Å². The fourth-order valence-corrected chi connectivity index (χ4v) is 2.22. The Morgan fingerprint density at radius 2 is 1.79 bits per heavy atom. The van der Waals surface area contributed by atoms with Crippen molar-refractivity contribution in [3.05, 3.63) is 64.4 Å². The molecule has 0 aliphatic rings. The van der Waals surface area contributed by atoms with Crippen molar-refractivity contribution in [2.45, 2.75) is 18.9 Å². The van der Waals surface area contributed by atoms with E-state index in [9.17, 15) is 9.50 Å². The predicted molar refractivity (Wildman–Crippen MR) is 74.9 cm³/mol. The van der Waals surface area contributed by atoms with E-state index >= 15 is 0 Å². The van der Waals surface area contributed by atoms with Gasteiger partial charge >= 0.3 is 0 Å². The van der Waals surface area contributed by atoms with Gasteiger partial charge in [-0.2, -0.15) is 0 Å². The molecule has 19 heavy (non-hydrogen) atoms. The quantitative estimate of drug-likeness (QED) is 0.902. The molecule has 0 spiro atoms. The summed E-state index contributed by atoms with van der Waals surface area (Å²) in [6, 6.07) is 11.2. The van der Waals surface area contributed by atoms with Crippen molar-refractivity contribution >= 4 is 11.6 Å². The largest absolute Gasteiger partial charge is 0.508 e. The molecule has 0 fully saturated rings. The Morgan fingerprint density at radius 3 is 2.42 bits per heavy atom. The Hall–Kier alpha value is -1.58. The molecule has 2 nitrogen and oxygen atoms in total. The summed E-state index contributed by atoms with van der Waals surface area (Å²) in [4.78, 5) is 0. The van der Waals surface area contributed by atoms with Gasteiger partial charge in [0.2, 0.25) is 0 Å². The van der Waals surface area contributed by atoms with Crippen LogP contribution in [0, 0.1) is 5.82 Å². The van der Waals surface area contributed by atoms with E-state index in [4.69, 9.17) is 17.3 Å². The molecule has 2 aromatic carbocycles. The van der Waals surface area contributed by atoms with Gasteiger partial charge in [-0.15, -0.1) is 0 Å². The van der Waals surface area contributed by atoms with Crippen molar-refractivity contribution in [2.75, 3.05) is 0 Å². The van der Waals surface area contributed by atoms with Gasteiger partial charge in [-0.25, -0.2) is 4.39 Å². The fourth-order valence-electron chi connectivity index (χ4n) is 1.98. The maximum Gasteiger partial charge on any atom is 0.124 e. The molecule has 0 aliphatic heterocycles. The van der Waals surface area contributed by atoms with Crippen LogP contribution in [0.1, 0.15) is 11.1 Å². The first-order valence-electron chi connectivity index (χ1n) is 6.02. The molecule has 3 N–H and O–H groups in total. The van der Waals surface area contributed by atoms with E-state index < -0.39 is 0 Å². The molecule has 0 heterocycles. The van der Waals surface area contributed by atoms with E-state index in [1.165, 1.54) is 12.1 Å². The Labute approximate surface area is 116 Å². The molecule has 0 amide bonds. The average Bonchev–Trinajstić information content (AvgIpc) is 2.36. The molecule has 2 aromatic rings. The molecule has 1 atom stereocenters. The summed E-state index contributed by atoms with van der Waals surface area (Å²) in [6.45, 7) is 0. The SMILES string of the molecule is NC(Cc1ccc(O)cc1)Cc1ccc(F)cc1Cl. The Balaban J connectivity index is 2.01. The molecule has 4 heteroatoms. The highest BCUT2D eigenvalue weighted by Crippen LogP contribution is 2.19. The predicted octanol–water partition coefficient (Wildman–Crippen LogP) is 3.30. The highest BCUT2D eigenvalue weighted by atomic mass is 35.5. The van der Waals surface area contributed by atoms with Crippen molar-refractivity contribution in [2.24, 2.45) is 5.73 Å². The number of rotatable bonds is 4. The van der Waals surface area contributed by atoms with Gasteiger partial charge in [0.15, 0.2) is 0 Å².